The number of amides is 1. The number of anilines is 1. The SMILES string of the molecule is O=C(CCc1ccc(S(=O)(=O)N2CCOCC2)cc1)Nc1cc(Cl)cc(Cl)c1. The molecule has 2 aromatic rings. The molecule has 0 atom stereocenters. The molecule has 9 heteroatoms. The number of hydrogen-bond donors (Lipinski definition) is 1. The van der Waals surface area contributed by atoms with Crippen LogP contribution in [-0.4, -0.2) is 44.9 Å². The van der Waals surface area contributed by atoms with Gasteiger partial charge in [-0.25, -0.2) is 8.42 Å². The van der Waals surface area contributed by atoms with E-state index in [1.165, 1.54) is 4.31 Å². The average molecular weight is 443 g/mol. The maximum atomic E-state index is 12.6. The maximum Gasteiger partial charge on any atom is 0.243 e. The quantitative estimate of drug-likeness (QED) is 0.741. The van der Waals surface area contributed by atoms with Crippen molar-refractivity contribution in [1.29, 1.82) is 0 Å². The van der Waals surface area contributed by atoms with Crippen molar-refractivity contribution in [3.8, 4) is 0 Å². The van der Waals surface area contributed by atoms with Gasteiger partial charge in [0, 0.05) is 35.2 Å². The molecule has 0 aliphatic carbocycles. The minimum Gasteiger partial charge on any atom is -0.379 e. The van der Waals surface area contributed by atoms with Crippen molar-refractivity contribution in [2.45, 2.75) is 17.7 Å². The van der Waals surface area contributed by atoms with E-state index in [9.17, 15) is 13.2 Å². The van der Waals surface area contributed by atoms with Gasteiger partial charge in [-0.15, -0.1) is 0 Å². The van der Waals surface area contributed by atoms with Crippen molar-refractivity contribution in [2.75, 3.05) is 31.6 Å². The minimum atomic E-state index is -3.51. The number of benzene rings is 2. The number of aryl methyl sites for hydroxylation is 1. The smallest absolute Gasteiger partial charge is 0.243 e. The second kappa shape index (κ2) is 9.24. The summed E-state index contributed by atoms with van der Waals surface area (Å²) in [5.41, 5.74) is 1.41. The summed E-state index contributed by atoms with van der Waals surface area (Å²) in [6, 6.07) is 11.5. The second-order valence-electron chi connectivity index (χ2n) is 6.37. The third kappa shape index (κ3) is 5.46. The summed E-state index contributed by atoms with van der Waals surface area (Å²) in [7, 11) is -3.51. The number of halogens is 2. The fourth-order valence-electron chi connectivity index (χ4n) is 2.87. The Balaban J connectivity index is 1.57. The van der Waals surface area contributed by atoms with Crippen molar-refractivity contribution in [2.24, 2.45) is 0 Å². The van der Waals surface area contributed by atoms with Crippen LogP contribution in [0.4, 0.5) is 5.69 Å². The Morgan fingerprint density at radius 2 is 1.64 bits per heavy atom. The van der Waals surface area contributed by atoms with Crippen LogP contribution < -0.4 is 5.32 Å². The van der Waals surface area contributed by atoms with Gasteiger partial charge >= 0.3 is 0 Å². The van der Waals surface area contributed by atoms with Gasteiger partial charge in [0.15, 0.2) is 0 Å². The Morgan fingerprint density at radius 1 is 1.04 bits per heavy atom. The first-order valence-corrected chi connectivity index (χ1v) is 11.0. The molecule has 0 bridgehead atoms. The number of sulfonamides is 1. The van der Waals surface area contributed by atoms with E-state index in [2.05, 4.69) is 5.32 Å². The molecule has 0 radical (unpaired) electrons. The topological polar surface area (TPSA) is 75.7 Å². The molecule has 1 N–H and O–H groups in total. The molecule has 0 spiro atoms. The van der Waals surface area contributed by atoms with Gasteiger partial charge in [0.25, 0.3) is 0 Å². The van der Waals surface area contributed by atoms with E-state index >= 15 is 0 Å². The number of morpholine rings is 1. The van der Waals surface area contributed by atoms with Gasteiger partial charge in [-0.05, 0) is 42.3 Å². The van der Waals surface area contributed by atoms with Crippen LogP contribution in [0.5, 0.6) is 0 Å². The predicted octanol–water partition coefficient (Wildman–Crippen LogP) is 3.59. The second-order valence-corrected chi connectivity index (χ2v) is 9.18. The summed E-state index contributed by atoms with van der Waals surface area (Å²) in [6.45, 7) is 1.53. The molecule has 3 rings (SSSR count). The lowest BCUT2D eigenvalue weighted by molar-refractivity contribution is -0.116. The van der Waals surface area contributed by atoms with Gasteiger partial charge in [0.1, 0.15) is 0 Å². The normalized spacial score (nSPS) is 15.4. The lowest BCUT2D eigenvalue weighted by Gasteiger charge is -2.26. The summed E-state index contributed by atoms with van der Waals surface area (Å²) in [4.78, 5) is 12.4. The number of carbonyl (C=O) groups excluding carboxylic acids is 1. The molecule has 1 aliphatic rings. The third-order valence-corrected chi connectivity index (χ3v) is 6.67. The minimum absolute atomic E-state index is 0.177. The Morgan fingerprint density at radius 3 is 2.25 bits per heavy atom. The molecule has 0 aromatic heterocycles. The monoisotopic (exact) mass is 442 g/mol. The molecule has 0 saturated carbocycles. The molecule has 28 heavy (non-hydrogen) atoms. The fourth-order valence-corrected chi connectivity index (χ4v) is 4.81. The van der Waals surface area contributed by atoms with Crippen molar-refractivity contribution < 1.29 is 17.9 Å². The van der Waals surface area contributed by atoms with Crippen LogP contribution in [0.2, 0.25) is 10.0 Å². The van der Waals surface area contributed by atoms with E-state index in [-0.39, 0.29) is 17.2 Å². The Labute approximate surface area is 174 Å². The first-order valence-electron chi connectivity index (χ1n) is 8.77. The largest absolute Gasteiger partial charge is 0.379 e. The molecule has 1 saturated heterocycles. The lowest BCUT2D eigenvalue weighted by Crippen LogP contribution is -2.40. The van der Waals surface area contributed by atoms with Crippen molar-refractivity contribution in [3.05, 3.63) is 58.1 Å². The molecule has 2 aromatic carbocycles. The number of rotatable bonds is 6. The first-order chi connectivity index (χ1) is 13.3. The van der Waals surface area contributed by atoms with Crippen LogP contribution in [0.25, 0.3) is 0 Å². The first kappa shape index (κ1) is 21.1. The van der Waals surface area contributed by atoms with Crippen molar-refractivity contribution in [1.82, 2.24) is 4.31 Å². The molecule has 1 heterocycles. The van der Waals surface area contributed by atoms with Crippen LogP contribution in [0.1, 0.15) is 12.0 Å². The summed E-state index contributed by atoms with van der Waals surface area (Å²) < 4.78 is 31.8. The Hall–Kier alpha value is -1.64. The highest BCUT2D eigenvalue weighted by atomic mass is 35.5. The van der Waals surface area contributed by atoms with Crippen LogP contribution in [0.15, 0.2) is 47.4 Å². The van der Waals surface area contributed by atoms with E-state index in [1.807, 2.05) is 0 Å². The van der Waals surface area contributed by atoms with E-state index in [4.69, 9.17) is 27.9 Å². The predicted molar refractivity (Wildman–Crippen MR) is 109 cm³/mol. The highest BCUT2D eigenvalue weighted by molar-refractivity contribution is 7.89. The third-order valence-electron chi connectivity index (χ3n) is 4.32. The molecule has 0 unspecified atom stereocenters. The van der Waals surface area contributed by atoms with Gasteiger partial charge in [0.05, 0.1) is 18.1 Å². The standard InChI is InChI=1S/C19H20Cl2N2O4S/c20-15-11-16(21)13-17(12-15)22-19(24)6-3-14-1-4-18(5-2-14)28(25,26)23-7-9-27-10-8-23/h1-2,4-5,11-13H,3,6-10H2,(H,22,24). The summed E-state index contributed by atoms with van der Waals surface area (Å²) in [5.74, 6) is -0.177. The zero-order valence-corrected chi connectivity index (χ0v) is 17.4. The average Bonchev–Trinajstić information content (AvgIpc) is 2.66. The van der Waals surface area contributed by atoms with E-state index in [0.717, 1.165) is 5.56 Å². The molecular weight excluding hydrogens is 423 g/mol. The van der Waals surface area contributed by atoms with Crippen LogP contribution in [-0.2, 0) is 26.0 Å². The number of carbonyl (C=O) groups is 1. The van der Waals surface area contributed by atoms with Crippen molar-refractivity contribution >= 4 is 44.8 Å². The molecule has 1 amide bonds. The van der Waals surface area contributed by atoms with E-state index in [0.29, 0.717) is 48.5 Å². The molecule has 1 fully saturated rings. The van der Waals surface area contributed by atoms with Gasteiger partial charge < -0.3 is 10.1 Å². The van der Waals surface area contributed by atoms with Gasteiger partial charge in [-0.2, -0.15) is 4.31 Å². The van der Waals surface area contributed by atoms with Gasteiger partial charge in [0.2, 0.25) is 15.9 Å². The zero-order valence-electron chi connectivity index (χ0n) is 15.0. The van der Waals surface area contributed by atoms with Crippen molar-refractivity contribution in [3.63, 3.8) is 0 Å². The highest BCUT2D eigenvalue weighted by Gasteiger charge is 2.26. The fraction of sp³-hybridized carbons (Fsp3) is 0.316. The molecule has 6 nitrogen and oxygen atoms in total. The Kier molecular flexibility index (Phi) is 6.95. The zero-order chi connectivity index (χ0) is 20.1. The highest BCUT2D eigenvalue weighted by Crippen LogP contribution is 2.23. The van der Waals surface area contributed by atoms with Crippen LogP contribution in [0, 0.1) is 0 Å². The van der Waals surface area contributed by atoms with Crippen LogP contribution in [0.3, 0.4) is 0 Å². The summed E-state index contributed by atoms with van der Waals surface area (Å²) >= 11 is 11.8. The van der Waals surface area contributed by atoms with Crippen LogP contribution >= 0.6 is 23.2 Å². The van der Waals surface area contributed by atoms with Gasteiger partial charge in [-0.3, -0.25) is 4.79 Å². The van der Waals surface area contributed by atoms with Gasteiger partial charge in [-0.1, -0.05) is 35.3 Å². The molecule has 150 valence electrons. The number of nitrogens with zero attached hydrogens (tertiary/aromatic N) is 1. The number of ether oxygens (including phenoxy) is 1. The summed E-state index contributed by atoms with van der Waals surface area (Å²) in [5, 5.41) is 3.64. The Bertz CT molecular complexity index is 923. The maximum absolute atomic E-state index is 12.6. The molecule has 1 aliphatic heterocycles. The number of hydrogen-bond acceptors (Lipinski definition) is 4. The summed E-state index contributed by atoms with van der Waals surface area (Å²) in [6.07, 6.45) is 0.734. The van der Waals surface area contributed by atoms with E-state index < -0.39 is 10.0 Å². The lowest BCUT2D eigenvalue weighted by atomic mass is 10.1. The number of nitrogens with one attached hydrogen (secondary N) is 1. The molecular formula is C19H20Cl2N2O4S. The van der Waals surface area contributed by atoms with E-state index in [1.54, 1.807) is 42.5 Å².